The summed E-state index contributed by atoms with van der Waals surface area (Å²) >= 11 is 0. The van der Waals surface area contributed by atoms with Crippen LogP contribution in [0, 0.1) is 6.92 Å². The van der Waals surface area contributed by atoms with E-state index in [-0.39, 0.29) is 10.8 Å². The second-order valence-electron chi connectivity index (χ2n) is 10.7. The average Bonchev–Trinajstić information content (AvgIpc) is 2.92. The molecule has 0 radical (unpaired) electrons. The lowest BCUT2D eigenvalue weighted by Gasteiger charge is -2.10. The highest BCUT2D eigenvalue weighted by Crippen LogP contribution is 2.17. The van der Waals surface area contributed by atoms with Crippen LogP contribution in [0.25, 0.3) is 0 Å². The van der Waals surface area contributed by atoms with E-state index < -0.39 is 16.1 Å². The second-order valence-corrected chi connectivity index (χ2v) is 12.4. The van der Waals surface area contributed by atoms with E-state index in [0.29, 0.717) is 17.8 Å². The van der Waals surface area contributed by atoms with Gasteiger partial charge in [-0.05, 0) is 49.7 Å². The molecule has 0 aliphatic heterocycles. The van der Waals surface area contributed by atoms with Crippen molar-refractivity contribution < 1.29 is 18.0 Å². The fraction of sp³-hybridized carbons (Fsp3) is 0.562. The van der Waals surface area contributed by atoms with Gasteiger partial charge in [0.15, 0.2) is 0 Å². The van der Waals surface area contributed by atoms with Crippen LogP contribution in [-0.4, -0.2) is 20.4 Å². The third-order valence-electron chi connectivity index (χ3n) is 6.99. The molecule has 0 saturated carbocycles. The number of unbranched alkanes of at least 4 members (excludes halogenated alkanes) is 14. The molecular weight excluding hydrogens is 522 g/mol. The fourth-order valence-electron chi connectivity index (χ4n) is 4.57. The van der Waals surface area contributed by atoms with Crippen LogP contribution in [0.4, 0.5) is 16.2 Å². The standard InChI is InChI=1S/C32H49N3O4S/c1-3-4-5-6-7-8-9-10-11-12-13-14-15-16-17-18-31(36)33-28-21-23-29(24-22-28)34-32(37)35-40(38,39)30-25-19-27(2)20-26-30/h19-26H,3-18H2,1-2H3,(H,33,36)(H2,34,35,37). The fourth-order valence-corrected chi connectivity index (χ4v) is 5.48. The molecule has 3 amide bonds. The molecule has 3 N–H and O–H groups in total. The molecule has 0 aliphatic rings. The van der Waals surface area contributed by atoms with Gasteiger partial charge in [-0.2, -0.15) is 0 Å². The normalized spacial score (nSPS) is 11.2. The molecular formula is C32H49N3O4S. The Bertz CT molecular complexity index is 1100. The number of carbonyl (C=O) groups is 2. The molecule has 0 unspecified atom stereocenters. The molecule has 222 valence electrons. The summed E-state index contributed by atoms with van der Waals surface area (Å²) in [6, 6.07) is 11.9. The van der Waals surface area contributed by atoms with Crippen LogP contribution < -0.4 is 15.4 Å². The Morgan fingerprint density at radius 2 is 1.02 bits per heavy atom. The Balaban J connectivity index is 1.52. The van der Waals surface area contributed by atoms with Crippen LogP contribution in [0.1, 0.15) is 115 Å². The van der Waals surface area contributed by atoms with Crippen LogP contribution in [0.3, 0.4) is 0 Å². The Kier molecular flexibility index (Phi) is 16.0. The molecule has 8 heteroatoms. The maximum Gasteiger partial charge on any atom is 0.333 e. The molecule has 0 fully saturated rings. The van der Waals surface area contributed by atoms with E-state index in [0.717, 1.165) is 18.4 Å². The van der Waals surface area contributed by atoms with Gasteiger partial charge in [0.25, 0.3) is 10.0 Å². The molecule has 0 aliphatic carbocycles. The van der Waals surface area contributed by atoms with E-state index >= 15 is 0 Å². The van der Waals surface area contributed by atoms with Gasteiger partial charge in [0.05, 0.1) is 4.90 Å². The zero-order chi connectivity index (χ0) is 29.1. The molecule has 7 nitrogen and oxygen atoms in total. The third-order valence-corrected chi connectivity index (χ3v) is 8.34. The highest BCUT2D eigenvalue weighted by molar-refractivity contribution is 7.90. The van der Waals surface area contributed by atoms with Crippen molar-refractivity contribution in [1.29, 1.82) is 0 Å². The molecule has 2 rings (SSSR count). The lowest BCUT2D eigenvalue weighted by Crippen LogP contribution is -2.34. The molecule has 0 heterocycles. The summed E-state index contributed by atoms with van der Waals surface area (Å²) in [5.74, 6) is -0.0302. The van der Waals surface area contributed by atoms with Crippen LogP contribution >= 0.6 is 0 Å². The zero-order valence-corrected chi connectivity index (χ0v) is 25.3. The van der Waals surface area contributed by atoms with Crippen molar-refractivity contribution in [2.45, 2.75) is 121 Å². The van der Waals surface area contributed by atoms with Gasteiger partial charge in [-0.25, -0.2) is 17.9 Å². The minimum atomic E-state index is -3.97. The predicted octanol–water partition coefficient (Wildman–Crippen LogP) is 8.71. The highest BCUT2D eigenvalue weighted by Gasteiger charge is 2.17. The maximum atomic E-state index is 12.3. The van der Waals surface area contributed by atoms with Crippen molar-refractivity contribution >= 4 is 33.3 Å². The number of sulfonamides is 1. The SMILES string of the molecule is CCCCCCCCCCCCCCCCCC(=O)Nc1ccc(NC(=O)NS(=O)(=O)c2ccc(C)cc2)cc1. The van der Waals surface area contributed by atoms with Gasteiger partial charge in [0.2, 0.25) is 5.91 Å². The van der Waals surface area contributed by atoms with Gasteiger partial charge in [0.1, 0.15) is 0 Å². The summed E-state index contributed by atoms with van der Waals surface area (Å²) in [5, 5.41) is 5.37. The van der Waals surface area contributed by atoms with Crippen LogP contribution in [0.15, 0.2) is 53.4 Å². The van der Waals surface area contributed by atoms with Crippen LogP contribution in [0.5, 0.6) is 0 Å². The first-order valence-corrected chi connectivity index (χ1v) is 16.6. The van der Waals surface area contributed by atoms with E-state index in [1.165, 1.54) is 95.6 Å². The predicted molar refractivity (Wildman–Crippen MR) is 165 cm³/mol. The molecule has 0 aromatic heterocycles. The van der Waals surface area contributed by atoms with Gasteiger partial charge in [-0.3, -0.25) is 4.79 Å². The molecule has 0 spiro atoms. The lowest BCUT2D eigenvalue weighted by molar-refractivity contribution is -0.116. The van der Waals surface area contributed by atoms with Crippen LogP contribution in [-0.2, 0) is 14.8 Å². The first kappa shape index (κ1) is 33.3. The van der Waals surface area contributed by atoms with E-state index in [1.54, 1.807) is 36.4 Å². The number of urea groups is 1. The van der Waals surface area contributed by atoms with Gasteiger partial charge >= 0.3 is 6.03 Å². The van der Waals surface area contributed by atoms with E-state index in [9.17, 15) is 18.0 Å². The Hall–Kier alpha value is -2.87. The van der Waals surface area contributed by atoms with Crippen molar-refractivity contribution in [1.82, 2.24) is 4.72 Å². The minimum Gasteiger partial charge on any atom is -0.326 e. The molecule has 0 atom stereocenters. The quantitative estimate of drug-likeness (QED) is 0.138. The number of anilines is 2. The van der Waals surface area contributed by atoms with E-state index in [1.807, 2.05) is 11.6 Å². The van der Waals surface area contributed by atoms with E-state index in [4.69, 9.17) is 0 Å². The second kappa shape index (κ2) is 19.2. The number of hydrogen-bond acceptors (Lipinski definition) is 4. The Labute approximate surface area is 242 Å². The van der Waals surface area contributed by atoms with Crippen molar-refractivity contribution in [3.63, 3.8) is 0 Å². The lowest BCUT2D eigenvalue weighted by atomic mass is 10.0. The number of rotatable bonds is 20. The van der Waals surface area contributed by atoms with Crippen LogP contribution in [0.2, 0.25) is 0 Å². The minimum absolute atomic E-state index is 0.0143. The number of hydrogen-bond donors (Lipinski definition) is 3. The summed E-state index contributed by atoms with van der Waals surface area (Å²) in [6.45, 7) is 4.11. The third kappa shape index (κ3) is 14.5. The largest absolute Gasteiger partial charge is 0.333 e. The molecule has 2 aromatic carbocycles. The molecule has 2 aromatic rings. The number of carbonyl (C=O) groups excluding carboxylic acids is 2. The Morgan fingerprint density at radius 1 is 0.600 bits per heavy atom. The molecule has 0 saturated heterocycles. The topological polar surface area (TPSA) is 104 Å². The van der Waals surface area contributed by atoms with Crippen molar-refractivity contribution in [2.75, 3.05) is 10.6 Å². The highest BCUT2D eigenvalue weighted by atomic mass is 32.2. The number of nitrogens with one attached hydrogen (secondary N) is 3. The first-order chi connectivity index (χ1) is 19.3. The van der Waals surface area contributed by atoms with Crippen molar-refractivity contribution in [3.05, 3.63) is 54.1 Å². The van der Waals surface area contributed by atoms with Gasteiger partial charge in [-0.1, -0.05) is 115 Å². The summed E-state index contributed by atoms with van der Waals surface area (Å²) in [7, 11) is -3.97. The summed E-state index contributed by atoms with van der Waals surface area (Å²) < 4.78 is 26.7. The smallest absolute Gasteiger partial charge is 0.326 e. The first-order valence-electron chi connectivity index (χ1n) is 15.1. The molecule has 40 heavy (non-hydrogen) atoms. The number of aryl methyl sites for hydroxylation is 1. The van der Waals surface area contributed by atoms with Gasteiger partial charge in [0, 0.05) is 17.8 Å². The van der Waals surface area contributed by atoms with E-state index in [2.05, 4.69) is 17.6 Å². The average molecular weight is 572 g/mol. The summed E-state index contributed by atoms with van der Waals surface area (Å²) in [6.07, 6.45) is 19.9. The molecule has 0 bridgehead atoms. The van der Waals surface area contributed by atoms with Gasteiger partial charge < -0.3 is 10.6 Å². The number of benzene rings is 2. The van der Waals surface area contributed by atoms with Crippen molar-refractivity contribution in [2.24, 2.45) is 0 Å². The monoisotopic (exact) mass is 571 g/mol. The Morgan fingerprint density at radius 3 is 1.50 bits per heavy atom. The van der Waals surface area contributed by atoms with Gasteiger partial charge in [-0.15, -0.1) is 0 Å². The summed E-state index contributed by atoms with van der Waals surface area (Å²) in [4.78, 5) is 24.5. The maximum absolute atomic E-state index is 12.3. The van der Waals surface area contributed by atoms with Crippen molar-refractivity contribution in [3.8, 4) is 0 Å². The zero-order valence-electron chi connectivity index (χ0n) is 24.5. The number of amides is 3. The summed E-state index contributed by atoms with van der Waals surface area (Å²) in [5.41, 5.74) is 1.96.